The van der Waals surface area contributed by atoms with Crippen molar-refractivity contribution in [3.8, 4) is 74.7 Å². The number of Topliss-reactive ketones (excluding diaryl/α,β-unsaturated/α-hetero) is 4. The van der Waals surface area contributed by atoms with E-state index in [1.807, 2.05) is 93.5 Å². The molecule has 4 atom stereocenters. The minimum Gasteiger partial charge on any atom is -0.870 e. The number of hydrogen-bond donors (Lipinski definition) is 14. The van der Waals surface area contributed by atoms with Gasteiger partial charge in [0, 0.05) is 72.9 Å². The third kappa shape index (κ3) is 38.5. The number of aliphatic hydroxyl groups excluding tert-OH is 2. The van der Waals surface area contributed by atoms with Crippen molar-refractivity contribution >= 4 is 70.8 Å². The van der Waals surface area contributed by atoms with E-state index in [-0.39, 0.29) is 138 Å². The molecule has 15 N–H and O–H groups in total. The number of epoxide rings is 1. The second kappa shape index (κ2) is 61.0. The van der Waals surface area contributed by atoms with Crippen molar-refractivity contribution in [3.05, 3.63) is 278 Å². The number of methoxy groups -OCH3 is 2. The van der Waals surface area contributed by atoms with Crippen LogP contribution >= 0.6 is 23.2 Å². The Morgan fingerprint density at radius 2 is 0.714 bits per heavy atom. The molecule has 0 amide bonds. The predicted octanol–water partition coefficient (Wildman–Crippen LogP) is 18.8. The number of aromatic hydroxyl groups is 12. The number of phenols is 12. The molecule has 26 nitrogen and oxygen atoms in total. The summed E-state index contributed by atoms with van der Waals surface area (Å²) in [5.41, 5.74) is 24.4. The molecule has 0 radical (unpaired) electrons. The van der Waals surface area contributed by atoms with E-state index in [0.717, 1.165) is 116 Å². The molecule has 0 saturated carbocycles. The Hall–Kier alpha value is -11.0. The average Bonchev–Trinajstić information content (AvgIpc) is 1.40. The molecule has 1 saturated heterocycles. The van der Waals surface area contributed by atoms with Crippen LogP contribution in [0.3, 0.4) is 0 Å². The Balaban J connectivity index is 0. The van der Waals surface area contributed by atoms with E-state index in [9.17, 15) is 69.3 Å². The zero-order valence-electron chi connectivity index (χ0n) is 81.2. The Morgan fingerprint density at radius 3 is 1.07 bits per heavy atom. The van der Waals surface area contributed by atoms with Crippen LogP contribution in [0.25, 0.3) is 6.08 Å². The molecule has 0 bridgehead atoms. The van der Waals surface area contributed by atoms with Gasteiger partial charge in [-0.05, 0) is 282 Å². The number of hydrogen-bond acceptors (Lipinski definition) is 26. The Labute approximate surface area is 833 Å². The van der Waals surface area contributed by atoms with E-state index in [1.54, 1.807) is 33.3 Å². The molecule has 29 heteroatoms. The third-order valence-corrected chi connectivity index (χ3v) is 20.5. The third-order valence-electron chi connectivity index (χ3n) is 20.1. The topological polar surface area (TPSA) is 473 Å². The van der Waals surface area contributed by atoms with Crippen LogP contribution in [-0.2, 0) is 14.2 Å². The summed E-state index contributed by atoms with van der Waals surface area (Å²) in [6.07, 6.45) is 4.12. The van der Waals surface area contributed by atoms with E-state index >= 15 is 0 Å². The number of aryl methyl sites for hydroxylation is 14. The Morgan fingerprint density at radius 1 is 0.406 bits per heavy atom. The number of benzene rings is 10. The number of aldehydes is 2. The maximum absolute atomic E-state index is 12.9. The van der Waals surface area contributed by atoms with Crippen LogP contribution < -0.4 is 56.1 Å². The molecular weight excluding hydrogens is 1780 g/mol. The molecule has 10 aromatic carbocycles. The molecular formula is C104H131Cl2KO26. The summed E-state index contributed by atoms with van der Waals surface area (Å²) in [4.78, 5) is 80.0. The van der Waals surface area contributed by atoms with E-state index < -0.39 is 75.5 Å². The van der Waals surface area contributed by atoms with Gasteiger partial charge in [-0.25, -0.2) is 0 Å². The summed E-state index contributed by atoms with van der Waals surface area (Å²) in [6, 6.07) is 32.9. The van der Waals surface area contributed by atoms with Crippen LogP contribution in [0.2, 0.25) is 0 Å². The summed E-state index contributed by atoms with van der Waals surface area (Å²) < 4.78 is 19.8. The molecule has 133 heavy (non-hydrogen) atoms. The number of fused-ring (bicyclic) bond motifs is 1. The minimum absolute atomic E-state index is 0. The molecule has 0 aliphatic carbocycles. The molecule has 2 aliphatic rings. The number of carbonyl (C=O) groups is 7. The van der Waals surface area contributed by atoms with Crippen molar-refractivity contribution in [2.24, 2.45) is 0 Å². The van der Waals surface area contributed by atoms with Crippen LogP contribution in [-0.4, -0.2) is 164 Å². The number of rotatable bonds is 14. The van der Waals surface area contributed by atoms with E-state index in [2.05, 4.69) is 134 Å². The quantitative estimate of drug-likeness (QED) is 0.00914. The van der Waals surface area contributed by atoms with Crippen molar-refractivity contribution in [1.29, 1.82) is 0 Å². The van der Waals surface area contributed by atoms with Crippen molar-refractivity contribution in [3.63, 3.8) is 0 Å². The first kappa shape index (κ1) is 124. The van der Waals surface area contributed by atoms with Gasteiger partial charge in [-0.3, -0.25) is 33.6 Å². The summed E-state index contributed by atoms with van der Waals surface area (Å²) in [6.45, 7) is 47.6. The smallest absolute Gasteiger partial charge is 0.870 e. The first-order chi connectivity index (χ1) is 61.4. The number of halogens is 2. The fourth-order valence-corrected chi connectivity index (χ4v) is 13.1. The Bertz CT molecular complexity index is 5250. The normalized spacial score (nSPS) is 12.9. The molecule has 4 unspecified atom stereocenters. The molecule has 0 aromatic heterocycles. The molecule has 10 aromatic rings. The van der Waals surface area contributed by atoms with Crippen LogP contribution in [0.15, 0.2) is 127 Å². The van der Waals surface area contributed by atoms with Crippen LogP contribution in [0.5, 0.6) is 74.7 Å². The maximum Gasteiger partial charge on any atom is 1.00 e. The zero-order chi connectivity index (χ0) is 101. The minimum atomic E-state index is -1.72. The first-order valence-corrected chi connectivity index (χ1v) is 42.9. The maximum atomic E-state index is 12.9. The van der Waals surface area contributed by atoms with E-state index in [1.165, 1.54) is 87.9 Å². The van der Waals surface area contributed by atoms with Crippen LogP contribution in [0.1, 0.15) is 257 Å². The van der Waals surface area contributed by atoms with Gasteiger partial charge in [0.05, 0.1) is 5.56 Å². The number of carbonyl (C=O) groups excluding carboxylic acids is 7. The van der Waals surface area contributed by atoms with Gasteiger partial charge in [0.15, 0.2) is 75.9 Å². The number of allylic oxidation sites excluding steroid dienone is 1. The Kier molecular flexibility index (Phi) is 56.9. The van der Waals surface area contributed by atoms with Crippen molar-refractivity contribution in [1.82, 2.24) is 0 Å². The van der Waals surface area contributed by atoms with Crippen molar-refractivity contribution in [2.45, 2.75) is 203 Å². The number of ether oxygens (including phenoxy) is 4. The summed E-state index contributed by atoms with van der Waals surface area (Å²) in [7, 11) is 3.10. The van der Waals surface area contributed by atoms with Gasteiger partial charge in [0.25, 0.3) is 0 Å². The average molecular weight is 1910 g/mol. The van der Waals surface area contributed by atoms with Crippen molar-refractivity contribution in [2.75, 3.05) is 33.0 Å². The predicted molar refractivity (Wildman–Crippen MR) is 517 cm³/mol. The molecule has 718 valence electrons. The number of aliphatic hydroxyl groups is 2. The van der Waals surface area contributed by atoms with E-state index in [4.69, 9.17) is 68.4 Å². The van der Waals surface area contributed by atoms with Crippen LogP contribution in [0.4, 0.5) is 0 Å². The molecule has 2 heterocycles. The standard InChI is InChI=1S/C21H24O2.C21H24O.C15H12O8.C10H12O2.C10H12O.C8H8O4.C7H6O4.C4H10.2C2H5ClO.C2H6O.C2H6.K.H2O/c1-11-7-14(4)18(15(5)8-11)19(22)21-20(23-21)17-9-12(2)16(6)13(3)10-17;1-13-9-16(4)21(17(5)10-13)20(22)8-7-19-11-14(2)18(6)15(3)12-19;16-6-3-7(17)11-10(4-6)23-15(14(22)13(11)21)5-1-8(18)12(20)9(19)2-5;1-6-4-7(2)10(8(3)11)9(12)5-6;1-7-4-10(6-11)5-8(2)9(7)3;1-4(9)8-6(11)2-5(10)3-7(8)12;8-3-4-1-5(9)7(11)6(10)2-4;1-3-4-2;2*1-4-2-3;1-2-3;1-2;;/h7-10,20-21H,1-6H3;7-12H,1-6H3;1-4,14-20,22H;4-5,12H,1-3H3;4-6H,1-3H3;2-3,10-12H,1H3;1-3,9-11H;3-4H2,1-2H3;2*2H2,1H3;3H,2H2,1H3;1-2H3;;1H2/q;;;;;;;;;;;;+1;/p-1/b;8-7+;;;;;;;;;;;;. The summed E-state index contributed by atoms with van der Waals surface area (Å²) in [5.74, 6) is -6.98. The van der Waals surface area contributed by atoms with Crippen LogP contribution in [0, 0.1) is 118 Å². The number of ketones is 5. The zero-order valence-corrected chi connectivity index (χ0v) is 85.8. The largest absolute Gasteiger partial charge is 1.00 e. The molecule has 12 rings (SSSR count). The number of phenolic OH excluding ortho intramolecular Hbond substituents is 12. The molecule has 0 spiro atoms. The number of alkyl halides is 2. The first-order valence-electron chi connectivity index (χ1n) is 41.8. The van der Waals surface area contributed by atoms with Gasteiger partial charge in [-0.2, -0.15) is 0 Å². The summed E-state index contributed by atoms with van der Waals surface area (Å²) in [5, 5.41) is 128. The molecule has 2 aliphatic heterocycles. The molecule has 1 fully saturated rings. The van der Waals surface area contributed by atoms with Gasteiger partial charge < -0.3 is 95.9 Å². The van der Waals surface area contributed by atoms with Gasteiger partial charge in [0.1, 0.15) is 82.2 Å². The summed E-state index contributed by atoms with van der Waals surface area (Å²) >= 11 is 9.93. The van der Waals surface area contributed by atoms with Gasteiger partial charge in [-0.15, -0.1) is 0 Å². The van der Waals surface area contributed by atoms with Gasteiger partial charge in [-0.1, -0.05) is 136 Å². The monoisotopic (exact) mass is 1900 g/mol. The van der Waals surface area contributed by atoms with Gasteiger partial charge >= 0.3 is 51.4 Å². The fraction of sp³-hybridized carbons (Fsp3) is 0.337. The van der Waals surface area contributed by atoms with Gasteiger partial charge in [0.2, 0.25) is 5.78 Å². The second-order valence-electron chi connectivity index (χ2n) is 30.7. The second-order valence-corrected chi connectivity index (χ2v) is 31.2. The van der Waals surface area contributed by atoms with E-state index in [0.29, 0.717) is 24.0 Å². The number of unbranched alkanes of at least 4 members (excludes halogenated alkanes) is 1. The SMILES string of the molecule is CC.CC(=O)c1c(C)cc(C)cc1O.CC(=O)c1c(O)cc(O)cc1O.CCCC.CCO.COCCl.COCCl.Cc1cc(C)c(C(=O)/C=C/c2cc(C)c(C)c(C)c2)c(C)c1.Cc1cc(C)c(C(=O)C2OC2c2cc(C)c(C)c(C)c2)c(C)c1.Cc1cc(C=O)cc(C)c1C.O=C1c2c(O)cc(O)cc2OC(c2cc(O)c(O)c(O)c2)C1O.O=Cc1cc(O)c(O)c(O)c1.[K+].[OH-]. The fourth-order valence-electron chi connectivity index (χ4n) is 13.1. The van der Waals surface area contributed by atoms with Crippen molar-refractivity contribution < 1.29 is 181 Å².